The maximum atomic E-state index is 5.76. The Balaban J connectivity index is 2.24. The third-order valence-corrected chi connectivity index (χ3v) is 2.59. The van der Waals surface area contributed by atoms with Gasteiger partial charge in [-0.1, -0.05) is 6.92 Å². The van der Waals surface area contributed by atoms with Crippen molar-refractivity contribution in [3.63, 3.8) is 0 Å². The first-order valence-electron chi connectivity index (χ1n) is 4.28. The van der Waals surface area contributed by atoms with Gasteiger partial charge in [-0.25, -0.2) is 0 Å². The maximum absolute atomic E-state index is 5.76. The molecule has 0 saturated carbocycles. The molecule has 0 aliphatic carbocycles. The Labute approximate surface area is 71.5 Å². The Morgan fingerprint density at radius 1 is 1.58 bits per heavy atom. The zero-order valence-electron chi connectivity index (χ0n) is 7.17. The van der Waals surface area contributed by atoms with E-state index in [1.807, 2.05) is 0 Å². The number of rotatable bonds is 1. The molecule has 0 radical (unpaired) electrons. The minimum Gasteiger partial charge on any atom is -0.396 e. The summed E-state index contributed by atoms with van der Waals surface area (Å²) in [4.78, 5) is 0. The SMILES string of the molecule is CC1CNCC1c1[nH]ncc1N. The van der Waals surface area contributed by atoms with Crippen molar-refractivity contribution < 1.29 is 0 Å². The molecule has 66 valence electrons. The second-order valence-electron chi connectivity index (χ2n) is 3.48. The van der Waals surface area contributed by atoms with Crippen LogP contribution in [0.2, 0.25) is 0 Å². The number of nitrogens with zero attached hydrogens (tertiary/aromatic N) is 1. The number of hydrogen-bond donors (Lipinski definition) is 3. The molecule has 1 aromatic heterocycles. The molecule has 1 aliphatic heterocycles. The highest BCUT2D eigenvalue weighted by Gasteiger charge is 2.27. The van der Waals surface area contributed by atoms with E-state index in [-0.39, 0.29) is 0 Å². The summed E-state index contributed by atoms with van der Waals surface area (Å²) in [5, 5.41) is 10.2. The Hall–Kier alpha value is -1.03. The average molecular weight is 166 g/mol. The van der Waals surface area contributed by atoms with E-state index in [9.17, 15) is 0 Å². The van der Waals surface area contributed by atoms with Gasteiger partial charge in [0.1, 0.15) is 0 Å². The molecule has 4 N–H and O–H groups in total. The van der Waals surface area contributed by atoms with Crippen LogP contribution >= 0.6 is 0 Å². The van der Waals surface area contributed by atoms with Crippen LogP contribution in [0.1, 0.15) is 18.5 Å². The van der Waals surface area contributed by atoms with Gasteiger partial charge in [-0.05, 0) is 12.5 Å². The first-order chi connectivity index (χ1) is 5.79. The van der Waals surface area contributed by atoms with Crippen molar-refractivity contribution in [2.75, 3.05) is 18.8 Å². The lowest BCUT2D eigenvalue weighted by atomic mass is 9.94. The zero-order chi connectivity index (χ0) is 8.55. The molecule has 4 heteroatoms. The number of aromatic nitrogens is 2. The topological polar surface area (TPSA) is 66.7 Å². The van der Waals surface area contributed by atoms with Gasteiger partial charge in [-0.3, -0.25) is 5.10 Å². The fourth-order valence-corrected chi connectivity index (χ4v) is 1.80. The van der Waals surface area contributed by atoms with Gasteiger partial charge in [-0.2, -0.15) is 5.10 Å². The van der Waals surface area contributed by atoms with E-state index in [0.717, 1.165) is 24.5 Å². The van der Waals surface area contributed by atoms with E-state index in [1.54, 1.807) is 6.20 Å². The summed E-state index contributed by atoms with van der Waals surface area (Å²) in [5.74, 6) is 1.15. The van der Waals surface area contributed by atoms with Crippen molar-refractivity contribution >= 4 is 5.69 Å². The number of nitrogen functional groups attached to an aromatic ring is 1. The van der Waals surface area contributed by atoms with Gasteiger partial charge < -0.3 is 11.1 Å². The van der Waals surface area contributed by atoms with E-state index in [0.29, 0.717) is 11.8 Å². The highest BCUT2D eigenvalue weighted by molar-refractivity contribution is 5.43. The van der Waals surface area contributed by atoms with Crippen LogP contribution < -0.4 is 11.1 Å². The Morgan fingerprint density at radius 3 is 2.92 bits per heavy atom. The van der Waals surface area contributed by atoms with Gasteiger partial charge in [0.15, 0.2) is 0 Å². The summed E-state index contributed by atoms with van der Waals surface area (Å²) < 4.78 is 0. The molecule has 2 heterocycles. The quantitative estimate of drug-likeness (QED) is 0.562. The molecule has 0 aromatic carbocycles. The second kappa shape index (κ2) is 2.79. The van der Waals surface area contributed by atoms with Crippen LogP contribution in [-0.2, 0) is 0 Å². The fraction of sp³-hybridized carbons (Fsp3) is 0.625. The molecule has 4 nitrogen and oxygen atoms in total. The van der Waals surface area contributed by atoms with Crippen molar-refractivity contribution in [3.8, 4) is 0 Å². The van der Waals surface area contributed by atoms with Crippen LogP contribution in [-0.4, -0.2) is 23.3 Å². The molecule has 2 unspecified atom stereocenters. The summed E-state index contributed by atoms with van der Waals surface area (Å²) in [5.41, 5.74) is 7.64. The lowest BCUT2D eigenvalue weighted by molar-refractivity contribution is 0.560. The summed E-state index contributed by atoms with van der Waals surface area (Å²) in [6.07, 6.45) is 1.68. The first-order valence-corrected chi connectivity index (χ1v) is 4.28. The molecular formula is C8H14N4. The van der Waals surface area contributed by atoms with Crippen LogP contribution in [0.3, 0.4) is 0 Å². The Bertz CT molecular complexity index is 268. The lowest BCUT2D eigenvalue weighted by Gasteiger charge is -2.12. The molecule has 1 saturated heterocycles. The van der Waals surface area contributed by atoms with Crippen molar-refractivity contribution in [2.24, 2.45) is 5.92 Å². The van der Waals surface area contributed by atoms with Gasteiger partial charge in [0, 0.05) is 12.5 Å². The smallest absolute Gasteiger partial charge is 0.0733 e. The summed E-state index contributed by atoms with van der Waals surface area (Å²) in [7, 11) is 0. The Kier molecular flexibility index (Phi) is 1.77. The Morgan fingerprint density at radius 2 is 2.42 bits per heavy atom. The number of hydrogen-bond acceptors (Lipinski definition) is 3. The van der Waals surface area contributed by atoms with Crippen molar-refractivity contribution in [1.29, 1.82) is 0 Å². The standard InChI is InChI=1S/C8H14N4/c1-5-2-10-3-6(5)8-7(9)4-11-12-8/h4-6,10H,2-3,9H2,1H3,(H,11,12). The van der Waals surface area contributed by atoms with E-state index in [1.165, 1.54) is 0 Å². The molecule has 2 atom stereocenters. The number of nitrogens with one attached hydrogen (secondary N) is 2. The molecule has 0 spiro atoms. The number of anilines is 1. The summed E-state index contributed by atoms with van der Waals surface area (Å²) in [6.45, 7) is 4.31. The van der Waals surface area contributed by atoms with Crippen molar-refractivity contribution in [1.82, 2.24) is 15.5 Å². The molecule has 1 aromatic rings. The fourth-order valence-electron chi connectivity index (χ4n) is 1.80. The van der Waals surface area contributed by atoms with Gasteiger partial charge in [0.2, 0.25) is 0 Å². The lowest BCUT2D eigenvalue weighted by Crippen LogP contribution is -2.10. The monoisotopic (exact) mass is 166 g/mol. The van der Waals surface area contributed by atoms with Crippen LogP contribution in [0.5, 0.6) is 0 Å². The zero-order valence-corrected chi connectivity index (χ0v) is 7.17. The second-order valence-corrected chi connectivity index (χ2v) is 3.48. The minimum atomic E-state index is 0.507. The van der Waals surface area contributed by atoms with Crippen LogP contribution in [0.15, 0.2) is 6.20 Å². The van der Waals surface area contributed by atoms with Gasteiger partial charge in [-0.15, -0.1) is 0 Å². The van der Waals surface area contributed by atoms with Gasteiger partial charge in [0.25, 0.3) is 0 Å². The third-order valence-electron chi connectivity index (χ3n) is 2.59. The van der Waals surface area contributed by atoms with E-state index < -0.39 is 0 Å². The van der Waals surface area contributed by atoms with Crippen LogP contribution in [0.25, 0.3) is 0 Å². The average Bonchev–Trinajstić information content (AvgIpc) is 2.59. The highest BCUT2D eigenvalue weighted by Crippen LogP contribution is 2.29. The van der Waals surface area contributed by atoms with Gasteiger partial charge >= 0.3 is 0 Å². The summed E-state index contributed by atoms with van der Waals surface area (Å²) >= 11 is 0. The van der Waals surface area contributed by atoms with Crippen LogP contribution in [0.4, 0.5) is 5.69 Å². The van der Waals surface area contributed by atoms with E-state index >= 15 is 0 Å². The molecule has 2 rings (SSSR count). The molecular weight excluding hydrogens is 152 g/mol. The third kappa shape index (κ3) is 1.08. The largest absolute Gasteiger partial charge is 0.396 e. The van der Waals surface area contributed by atoms with Crippen molar-refractivity contribution in [3.05, 3.63) is 11.9 Å². The minimum absolute atomic E-state index is 0.507. The molecule has 0 amide bonds. The van der Waals surface area contributed by atoms with Crippen LogP contribution in [0, 0.1) is 5.92 Å². The molecule has 0 bridgehead atoms. The van der Waals surface area contributed by atoms with E-state index in [4.69, 9.17) is 5.73 Å². The molecule has 1 fully saturated rings. The summed E-state index contributed by atoms with van der Waals surface area (Å²) in [6, 6.07) is 0. The van der Waals surface area contributed by atoms with Crippen molar-refractivity contribution in [2.45, 2.75) is 12.8 Å². The number of nitrogens with two attached hydrogens (primary N) is 1. The number of H-pyrrole nitrogens is 1. The van der Waals surface area contributed by atoms with Gasteiger partial charge in [0.05, 0.1) is 17.6 Å². The van der Waals surface area contributed by atoms with E-state index in [2.05, 4.69) is 22.4 Å². The molecule has 1 aliphatic rings. The maximum Gasteiger partial charge on any atom is 0.0733 e. The predicted octanol–water partition coefficient (Wildman–Crippen LogP) is 0.315. The number of aromatic amines is 1. The molecule has 12 heavy (non-hydrogen) atoms. The first kappa shape index (κ1) is 7.61. The highest BCUT2D eigenvalue weighted by atomic mass is 15.1. The predicted molar refractivity (Wildman–Crippen MR) is 47.8 cm³/mol. The normalized spacial score (nSPS) is 29.4.